The van der Waals surface area contributed by atoms with E-state index in [1.165, 1.54) is 6.21 Å². The van der Waals surface area contributed by atoms with Crippen LogP contribution in [0.5, 0.6) is 0 Å². The summed E-state index contributed by atoms with van der Waals surface area (Å²) in [5.41, 5.74) is 0.885. The van der Waals surface area contributed by atoms with Gasteiger partial charge >= 0.3 is 5.97 Å². The van der Waals surface area contributed by atoms with Crippen molar-refractivity contribution < 1.29 is 23.5 Å². The normalized spacial score (nSPS) is 26.2. The molecule has 7 nitrogen and oxygen atoms in total. The molecule has 4 atom stereocenters. The molecule has 2 bridgehead atoms. The van der Waals surface area contributed by atoms with E-state index in [1.807, 2.05) is 0 Å². The highest BCUT2D eigenvalue weighted by Crippen LogP contribution is 2.49. The highest BCUT2D eigenvalue weighted by atomic mass is 35.5. The molecule has 2 heterocycles. The molecular formula is C24H21ClN2O5. The van der Waals surface area contributed by atoms with Crippen LogP contribution in [-0.4, -0.2) is 35.6 Å². The quantitative estimate of drug-likeness (QED) is 0.292. The molecule has 0 N–H and O–H groups in total. The Hall–Kier alpha value is -3.19. The molecule has 164 valence electrons. The number of allylic oxidation sites excluding steroid dienone is 2. The largest absolute Gasteiger partial charge is 0.462 e. The third-order valence-corrected chi connectivity index (χ3v) is 6.74. The minimum Gasteiger partial charge on any atom is -0.462 e. The highest BCUT2D eigenvalue weighted by Gasteiger charge is 2.56. The van der Waals surface area contributed by atoms with Gasteiger partial charge in [0.15, 0.2) is 0 Å². The van der Waals surface area contributed by atoms with E-state index in [4.69, 9.17) is 20.8 Å². The lowest BCUT2D eigenvalue weighted by atomic mass is 9.63. The zero-order valence-corrected chi connectivity index (χ0v) is 18.1. The molecule has 8 heteroatoms. The van der Waals surface area contributed by atoms with Crippen LogP contribution in [-0.2, 0) is 14.3 Å². The number of rotatable bonds is 5. The first-order valence-corrected chi connectivity index (χ1v) is 11.0. The number of fused-ring (bicyclic) bond motifs is 1. The summed E-state index contributed by atoms with van der Waals surface area (Å²) in [5.74, 6) is -0.475. The molecule has 0 spiro atoms. The fourth-order valence-corrected chi connectivity index (χ4v) is 5.10. The summed E-state index contributed by atoms with van der Waals surface area (Å²) < 4.78 is 10.8. The Labute approximate surface area is 189 Å². The summed E-state index contributed by atoms with van der Waals surface area (Å²) in [6.45, 7) is 1.97. The van der Waals surface area contributed by atoms with Gasteiger partial charge in [-0.2, -0.15) is 10.1 Å². The zero-order chi connectivity index (χ0) is 22.4. The molecule has 6 rings (SSSR count). The van der Waals surface area contributed by atoms with Gasteiger partial charge in [0.25, 0.3) is 11.8 Å². The molecule has 1 aromatic heterocycles. The number of imide groups is 1. The number of amides is 2. The van der Waals surface area contributed by atoms with E-state index in [-0.39, 0.29) is 52.7 Å². The van der Waals surface area contributed by atoms with Gasteiger partial charge in [-0.15, -0.1) is 0 Å². The van der Waals surface area contributed by atoms with Crippen LogP contribution in [0, 0.1) is 23.7 Å². The van der Waals surface area contributed by atoms with E-state index in [0.29, 0.717) is 17.1 Å². The van der Waals surface area contributed by atoms with Crippen LogP contribution in [0.15, 0.2) is 52.0 Å². The molecule has 1 aromatic carbocycles. The average molecular weight is 453 g/mol. The summed E-state index contributed by atoms with van der Waals surface area (Å²) in [5, 5.41) is 5.45. The van der Waals surface area contributed by atoms with Gasteiger partial charge < -0.3 is 9.15 Å². The van der Waals surface area contributed by atoms with Gasteiger partial charge in [-0.1, -0.05) is 23.8 Å². The molecule has 1 aliphatic heterocycles. The minimum atomic E-state index is -0.510. The van der Waals surface area contributed by atoms with Crippen LogP contribution < -0.4 is 0 Å². The van der Waals surface area contributed by atoms with Crippen LogP contribution in [0.25, 0.3) is 11.3 Å². The molecule has 0 radical (unpaired) electrons. The number of hydrazone groups is 1. The molecule has 32 heavy (non-hydrogen) atoms. The molecule has 2 aromatic rings. The number of halogens is 1. The summed E-state index contributed by atoms with van der Waals surface area (Å²) in [6, 6.07) is 8.33. The number of carbonyl (C=O) groups excluding carboxylic acids is 3. The second-order valence-electron chi connectivity index (χ2n) is 8.19. The monoisotopic (exact) mass is 452 g/mol. The van der Waals surface area contributed by atoms with Gasteiger partial charge in [0.05, 0.1) is 35.2 Å². The van der Waals surface area contributed by atoms with Gasteiger partial charge in [-0.05, 0) is 61.9 Å². The van der Waals surface area contributed by atoms with Gasteiger partial charge in [0.1, 0.15) is 11.5 Å². The van der Waals surface area contributed by atoms with E-state index in [1.54, 1.807) is 37.3 Å². The molecule has 3 aliphatic carbocycles. The van der Waals surface area contributed by atoms with Crippen molar-refractivity contribution in [1.82, 2.24) is 5.01 Å². The maximum Gasteiger partial charge on any atom is 0.339 e. The standard InChI is InChI=1S/C24H21ClN2O5/c1-2-31-24(30)17-11-15(7-9-18(17)25)19-10-8-16(32-19)12-26-27-22(28)20-13-3-4-14(6-5-13)21(20)23(27)29/h3-4,7-14,20-21H,2,5-6H2,1H3/b26-12-/t13-,14-,20-,21+/m0/s1. The summed E-state index contributed by atoms with van der Waals surface area (Å²) in [4.78, 5) is 37.8. The number of nitrogens with zero attached hydrogens (tertiary/aromatic N) is 2. The Kier molecular flexibility index (Phi) is 5.21. The Balaban J connectivity index is 1.35. The Morgan fingerprint density at radius 2 is 1.84 bits per heavy atom. The third kappa shape index (κ3) is 3.37. The number of ether oxygens (including phenoxy) is 1. The Bertz CT molecular complexity index is 1130. The smallest absolute Gasteiger partial charge is 0.339 e. The van der Waals surface area contributed by atoms with Crippen molar-refractivity contribution in [3.8, 4) is 11.3 Å². The molecule has 2 fully saturated rings. The van der Waals surface area contributed by atoms with Crippen LogP contribution in [0.1, 0.15) is 35.9 Å². The van der Waals surface area contributed by atoms with Crippen molar-refractivity contribution in [2.24, 2.45) is 28.8 Å². The van der Waals surface area contributed by atoms with Crippen LogP contribution in [0.4, 0.5) is 0 Å². The van der Waals surface area contributed by atoms with Crippen molar-refractivity contribution in [2.75, 3.05) is 6.61 Å². The Morgan fingerprint density at radius 3 is 2.47 bits per heavy atom. The van der Waals surface area contributed by atoms with E-state index < -0.39 is 5.97 Å². The van der Waals surface area contributed by atoms with Gasteiger partial charge in [0.2, 0.25) is 0 Å². The van der Waals surface area contributed by atoms with E-state index in [0.717, 1.165) is 17.9 Å². The Morgan fingerprint density at radius 1 is 1.16 bits per heavy atom. The number of esters is 1. The minimum absolute atomic E-state index is 0.121. The van der Waals surface area contributed by atoms with E-state index >= 15 is 0 Å². The predicted molar refractivity (Wildman–Crippen MR) is 117 cm³/mol. The SMILES string of the molecule is CCOC(=O)c1cc(-c2ccc(/C=N\N3C(=O)[C@@H]4[C@H](C3=O)[C@H]3C=C[C@H]4CC3)o2)ccc1Cl. The highest BCUT2D eigenvalue weighted by molar-refractivity contribution is 6.33. The molecule has 0 unspecified atom stereocenters. The lowest BCUT2D eigenvalue weighted by molar-refractivity contribution is -0.140. The third-order valence-electron chi connectivity index (χ3n) is 6.41. The zero-order valence-electron chi connectivity index (χ0n) is 17.4. The summed E-state index contributed by atoms with van der Waals surface area (Å²) >= 11 is 6.12. The molecule has 4 aliphatic rings. The van der Waals surface area contributed by atoms with Gasteiger partial charge in [-0.3, -0.25) is 9.59 Å². The first kappa shape index (κ1) is 20.7. The second-order valence-corrected chi connectivity index (χ2v) is 8.60. The van der Waals surface area contributed by atoms with Crippen molar-refractivity contribution in [2.45, 2.75) is 19.8 Å². The van der Waals surface area contributed by atoms with Crippen molar-refractivity contribution in [1.29, 1.82) is 0 Å². The molecule has 2 amide bonds. The van der Waals surface area contributed by atoms with E-state index in [9.17, 15) is 14.4 Å². The lowest BCUT2D eigenvalue weighted by Crippen LogP contribution is -2.38. The summed E-state index contributed by atoms with van der Waals surface area (Å²) in [6.07, 6.45) is 7.39. The number of benzene rings is 1. The van der Waals surface area contributed by atoms with Crippen molar-refractivity contribution >= 4 is 35.6 Å². The fraction of sp³-hybridized carbons (Fsp3) is 0.333. The van der Waals surface area contributed by atoms with Crippen molar-refractivity contribution in [3.63, 3.8) is 0 Å². The van der Waals surface area contributed by atoms with Crippen molar-refractivity contribution in [3.05, 3.63) is 58.8 Å². The van der Waals surface area contributed by atoms with Gasteiger partial charge in [-0.25, -0.2) is 4.79 Å². The number of hydrogen-bond acceptors (Lipinski definition) is 6. The fourth-order valence-electron chi connectivity index (χ4n) is 4.91. The maximum atomic E-state index is 12.8. The van der Waals surface area contributed by atoms with Gasteiger partial charge in [0, 0.05) is 5.56 Å². The molecule has 1 saturated carbocycles. The summed E-state index contributed by atoms with van der Waals surface area (Å²) in [7, 11) is 0. The lowest BCUT2D eigenvalue weighted by Gasteiger charge is -2.37. The molecule has 1 saturated heterocycles. The number of hydrogen-bond donors (Lipinski definition) is 0. The predicted octanol–water partition coefficient (Wildman–Crippen LogP) is 4.31. The number of furan rings is 1. The molecular weight excluding hydrogens is 432 g/mol. The first-order chi connectivity index (χ1) is 15.5. The topological polar surface area (TPSA) is 89.2 Å². The van der Waals surface area contributed by atoms with Crippen LogP contribution in [0.3, 0.4) is 0 Å². The van der Waals surface area contributed by atoms with Crippen LogP contribution in [0.2, 0.25) is 5.02 Å². The van der Waals surface area contributed by atoms with Crippen LogP contribution >= 0.6 is 11.6 Å². The van der Waals surface area contributed by atoms with E-state index in [2.05, 4.69) is 17.3 Å². The number of carbonyl (C=O) groups is 3. The first-order valence-electron chi connectivity index (χ1n) is 10.6. The average Bonchev–Trinajstić information content (AvgIpc) is 3.38. The maximum absolute atomic E-state index is 12.8. The second kappa shape index (κ2) is 8.06.